The van der Waals surface area contributed by atoms with E-state index in [1.807, 2.05) is 30.3 Å². The average Bonchev–Trinajstić information content (AvgIpc) is 2.77. The average molecular weight is 409 g/mol. The molecule has 2 aliphatic rings. The van der Waals surface area contributed by atoms with Crippen molar-refractivity contribution in [3.8, 4) is 0 Å². The van der Waals surface area contributed by atoms with Gasteiger partial charge in [-0.2, -0.15) is 0 Å². The third-order valence-electron chi connectivity index (χ3n) is 6.60. The van der Waals surface area contributed by atoms with Crippen LogP contribution >= 0.6 is 0 Å². The molecule has 158 valence electrons. The Labute approximate surface area is 177 Å². The third-order valence-corrected chi connectivity index (χ3v) is 6.60. The molecule has 0 spiro atoms. The maximum absolute atomic E-state index is 13.4. The zero-order valence-corrected chi connectivity index (χ0v) is 17.2. The summed E-state index contributed by atoms with van der Waals surface area (Å²) in [6.07, 6.45) is 5.86. The van der Waals surface area contributed by atoms with Crippen molar-refractivity contribution in [1.82, 2.24) is 10.6 Å². The molecule has 0 aromatic heterocycles. The molecule has 2 bridgehead atoms. The second kappa shape index (κ2) is 8.99. The molecule has 0 radical (unpaired) electrons. The minimum Gasteiger partial charge on any atom is -0.348 e. The van der Waals surface area contributed by atoms with Crippen LogP contribution in [-0.4, -0.2) is 24.0 Å². The van der Waals surface area contributed by atoms with E-state index < -0.39 is 0 Å². The Morgan fingerprint density at radius 1 is 0.967 bits per heavy atom. The summed E-state index contributed by atoms with van der Waals surface area (Å²) in [5, 5.41) is 6.15. The zero-order valence-electron chi connectivity index (χ0n) is 17.2. The van der Waals surface area contributed by atoms with Gasteiger partial charge < -0.3 is 10.6 Å². The van der Waals surface area contributed by atoms with Crippen LogP contribution in [0, 0.1) is 11.8 Å². The molecular weight excluding hydrogens is 379 g/mol. The quantitative estimate of drug-likeness (QED) is 0.731. The number of hydrogen-bond donors (Lipinski definition) is 2. The number of rotatable bonds is 6. The van der Waals surface area contributed by atoms with Crippen molar-refractivity contribution in [3.05, 3.63) is 71.3 Å². The molecule has 2 amide bonds. The first-order valence-corrected chi connectivity index (χ1v) is 10.9. The second-order valence-corrected chi connectivity index (χ2v) is 8.90. The molecule has 3 unspecified atom stereocenters. The molecule has 3 atom stereocenters. The molecule has 0 saturated heterocycles. The van der Waals surface area contributed by atoms with Crippen molar-refractivity contribution < 1.29 is 14.0 Å². The minimum atomic E-state index is -0.294. The molecular formula is C25H29FN2O2. The highest BCUT2D eigenvalue weighted by molar-refractivity contribution is 5.95. The van der Waals surface area contributed by atoms with Crippen molar-refractivity contribution in [2.24, 2.45) is 11.8 Å². The van der Waals surface area contributed by atoms with E-state index in [0.29, 0.717) is 23.6 Å². The lowest BCUT2D eigenvalue weighted by atomic mass is 9.63. The van der Waals surface area contributed by atoms with Crippen LogP contribution in [0.5, 0.6) is 0 Å². The highest BCUT2D eigenvalue weighted by Crippen LogP contribution is 2.45. The molecule has 2 N–H and O–H groups in total. The van der Waals surface area contributed by atoms with Crippen molar-refractivity contribution in [2.75, 3.05) is 6.67 Å². The van der Waals surface area contributed by atoms with E-state index in [-0.39, 0.29) is 29.9 Å². The fourth-order valence-electron chi connectivity index (χ4n) is 5.22. The lowest BCUT2D eigenvalue weighted by Crippen LogP contribution is -2.55. The Morgan fingerprint density at radius 2 is 1.70 bits per heavy atom. The summed E-state index contributed by atoms with van der Waals surface area (Å²) in [6, 6.07) is 16.4. The number of carbonyl (C=O) groups is 2. The first-order valence-electron chi connectivity index (χ1n) is 10.9. The summed E-state index contributed by atoms with van der Waals surface area (Å²) < 4.78 is 13.4. The predicted octanol–water partition coefficient (Wildman–Crippen LogP) is 4.65. The lowest BCUT2D eigenvalue weighted by Gasteiger charge is -2.48. The Bertz CT molecular complexity index is 884. The molecule has 2 fully saturated rings. The molecule has 2 aromatic rings. The van der Waals surface area contributed by atoms with Crippen molar-refractivity contribution in [3.63, 3.8) is 0 Å². The number of alkyl halides is 1. The molecule has 5 heteroatoms. The largest absolute Gasteiger partial charge is 0.348 e. The van der Waals surface area contributed by atoms with Gasteiger partial charge in [-0.15, -0.1) is 0 Å². The Balaban J connectivity index is 1.35. The van der Waals surface area contributed by atoms with Gasteiger partial charge >= 0.3 is 0 Å². The van der Waals surface area contributed by atoms with E-state index in [2.05, 4.69) is 10.6 Å². The monoisotopic (exact) mass is 408 g/mol. The summed E-state index contributed by atoms with van der Waals surface area (Å²) in [6.45, 7) is 0.108. The first-order chi connectivity index (χ1) is 14.6. The van der Waals surface area contributed by atoms with Crippen LogP contribution in [0.25, 0.3) is 0 Å². The van der Waals surface area contributed by atoms with E-state index >= 15 is 0 Å². The van der Waals surface area contributed by atoms with E-state index in [4.69, 9.17) is 0 Å². The van der Waals surface area contributed by atoms with E-state index in [9.17, 15) is 14.0 Å². The standard InChI is InChI=1S/C25H29FN2O2/c26-16-20-13-19-5-4-12-25(14-19,15-20)28-24(30)22-10-8-18(9-11-22)17-27-23(29)21-6-2-1-3-7-21/h1-3,6-11,19-20H,4-5,12-17H2,(H,27,29)(H,28,30). The van der Waals surface area contributed by atoms with Gasteiger partial charge in [0, 0.05) is 23.2 Å². The van der Waals surface area contributed by atoms with Gasteiger partial charge in [0.1, 0.15) is 0 Å². The van der Waals surface area contributed by atoms with Gasteiger partial charge in [0.15, 0.2) is 0 Å². The van der Waals surface area contributed by atoms with E-state index in [1.54, 1.807) is 24.3 Å². The number of carbonyl (C=O) groups excluding carboxylic acids is 2. The molecule has 0 heterocycles. The van der Waals surface area contributed by atoms with E-state index in [1.165, 1.54) is 0 Å². The predicted molar refractivity (Wildman–Crippen MR) is 115 cm³/mol. The summed E-state index contributed by atoms with van der Waals surface area (Å²) >= 11 is 0. The number of benzene rings is 2. The van der Waals surface area contributed by atoms with Gasteiger partial charge in [-0.25, -0.2) is 0 Å². The number of fused-ring (bicyclic) bond motifs is 2. The van der Waals surface area contributed by atoms with Gasteiger partial charge in [0.2, 0.25) is 0 Å². The maximum Gasteiger partial charge on any atom is 0.251 e. The first kappa shape index (κ1) is 20.6. The van der Waals surface area contributed by atoms with Crippen LogP contribution in [0.3, 0.4) is 0 Å². The van der Waals surface area contributed by atoms with Crippen LogP contribution < -0.4 is 10.6 Å². The number of nitrogens with one attached hydrogen (secondary N) is 2. The molecule has 2 aliphatic carbocycles. The van der Waals surface area contributed by atoms with Gasteiger partial charge in [-0.1, -0.05) is 43.2 Å². The maximum atomic E-state index is 13.4. The molecule has 4 nitrogen and oxygen atoms in total. The fourth-order valence-corrected chi connectivity index (χ4v) is 5.22. The van der Waals surface area contributed by atoms with Gasteiger partial charge in [-0.3, -0.25) is 14.0 Å². The van der Waals surface area contributed by atoms with Crippen LogP contribution in [0.15, 0.2) is 54.6 Å². The molecule has 4 rings (SSSR count). The smallest absolute Gasteiger partial charge is 0.251 e. The van der Waals surface area contributed by atoms with Crippen LogP contribution in [0.2, 0.25) is 0 Å². The van der Waals surface area contributed by atoms with Crippen LogP contribution in [-0.2, 0) is 6.54 Å². The number of halogens is 1. The Morgan fingerprint density at radius 3 is 2.43 bits per heavy atom. The van der Waals surface area contributed by atoms with E-state index in [0.717, 1.165) is 44.1 Å². The molecule has 0 aliphatic heterocycles. The van der Waals surface area contributed by atoms with Crippen LogP contribution in [0.1, 0.15) is 64.8 Å². The Kier molecular flexibility index (Phi) is 6.16. The third kappa shape index (κ3) is 4.72. The molecule has 30 heavy (non-hydrogen) atoms. The lowest BCUT2D eigenvalue weighted by molar-refractivity contribution is 0.0550. The SMILES string of the molecule is O=C(NCc1ccc(C(=O)NC23CCCC(CC(CF)C2)C3)cc1)c1ccccc1. The van der Waals surface area contributed by atoms with Crippen molar-refractivity contribution in [2.45, 2.75) is 50.6 Å². The van der Waals surface area contributed by atoms with Gasteiger partial charge in [0.05, 0.1) is 6.67 Å². The summed E-state index contributed by atoms with van der Waals surface area (Å²) in [7, 11) is 0. The van der Waals surface area contributed by atoms with Crippen molar-refractivity contribution >= 4 is 11.8 Å². The normalized spacial score (nSPS) is 25.4. The fraction of sp³-hybridized carbons (Fsp3) is 0.440. The van der Waals surface area contributed by atoms with Crippen molar-refractivity contribution in [1.29, 1.82) is 0 Å². The Hall–Kier alpha value is -2.69. The summed E-state index contributed by atoms with van der Waals surface area (Å²) in [5.74, 6) is 0.391. The van der Waals surface area contributed by atoms with Gasteiger partial charge in [-0.05, 0) is 67.3 Å². The highest BCUT2D eigenvalue weighted by Gasteiger charge is 2.44. The molecule has 2 saturated carbocycles. The van der Waals surface area contributed by atoms with Crippen LogP contribution in [0.4, 0.5) is 4.39 Å². The number of hydrogen-bond acceptors (Lipinski definition) is 2. The topological polar surface area (TPSA) is 58.2 Å². The summed E-state index contributed by atoms with van der Waals surface area (Å²) in [4.78, 5) is 25.1. The minimum absolute atomic E-state index is 0.0694. The number of amides is 2. The second-order valence-electron chi connectivity index (χ2n) is 8.90. The van der Waals surface area contributed by atoms with Gasteiger partial charge in [0.25, 0.3) is 11.8 Å². The highest BCUT2D eigenvalue weighted by atomic mass is 19.1. The zero-order chi connectivity index (χ0) is 21.0. The molecule has 2 aromatic carbocycles. The summed E-state index contributed by atoms with van der Waals surface area (Å²) in [5.41, 5.74) is 1.91.